The topological polar surface area (TPSA) is 97.9 Å². The molecule has 0 radical (unpaired) electrons. The van der Waals surface area contributed by atoms with Crippen LogP contribution < -0.4 is 11.4 Å². The number of aromatic amines is 1. The van der Waals surface area contributed by atoms with E-state index >= 15 is 0 Å². The number of aryl methyl sites for hydroxylation is 1. The van der Waals surface area contributed by atoms with Gasteiger partial charge >= 0.3 is 5.69 Å². The molecule has 0 unspecified atom stereocenters. The molecule has 0 saturated carbocycles. The van der Waals surface area contributed by atoms with Gasteiger partial charge in [-0.15, -0.1) is 0 Å². The highest BCUT2D eigenvalue weighted by Gasteiger charge is 2.20. The minimum absolute atomic E-state index is 0.108. The lowest BCUT2D eigenvalue weighted by Gasteiger charge is -2.06. The van der Waals surface area contributed by atoms with Gasteiger partial charge in [0.1, 0.15) is 0 Å². The standard InChI is InChI=1S/C16H17N3O3S/c17-13-8-9-14-15(11-13)19(16(20)18-14)23(21,22)10-4-7-12-5-2-1-3-6-12/h1-3,5-6,8-9,11H,4,7,10,17H2,(H,18,20). The maximum atomic E-state index is 12.5. The molecule has 120 valence electrons. The highest BCUT2D eigenvalue weighted by molar-refractivity contribution is 7.90. The van der Waals surface area contributed by atoms with Crippen molar-refractivity contribution in [1.82, 2.24) is 8.96 Å². The van der Waals surface area contributed by atoms with Gasteiger partial charge in [0.05, 0.1) is 16.8 Å². The third-order valence-corrected chi connectivity index (χ3v) is 5.38. The van der Waals surface area contributed by atoms with E-state index in [1.54, 1.807) is 12.1 Å². The number of nitrogens with two attached hydrogens (primary N) is 1. The molecule has 7 heteroatoms. The smallest absolute Gasteiger partial charge is 0.340 e. The fourth-order valence-corrected chi connectivity index (χ4v) is 4.01. The molecule has 23 heavy (non-hydrogen) atoms. The summed E-state index contributed by atoms with van der Waals surface area (Å²) in [7, 11) is -3.74. The number of rotatable bonds is 5. The van der Waals surface area contributed by atoms with Crippen molar-refractivity contribution in [3.8, 4) is 0 Å². The largest absolute Gasteiger partial charge is 0.399 e. The third kappa shape index (κ3) is 3.14. The van der Waals surface area contributed by atoms with Crippen LogP contribution in [0.4, 0.5) is 5.69 Å². The van der Waals surface area contributed by atoms with Gasteiger partial charge in [-0.3, -0.25) is 0 Å². The van der Waals surface area contributed by atoms with Crippen molar-refractivity contribution < 1.29 is 8.42 Å². The lowest BCUT2D eigenvalue weighted by molar-refractivity contribution is 0.584. The third-order valence-electron chi connectivity index (χ3n) is 3.66. The van der Waals surface area contributed by atoms with Crippen LogP contribution in [0.3, 0.4) is 0 Å². The summed E-state index contributed by atoms with van der Waals surface area (Å²) in [4.78, 5) is 14.6. The summed E-state index contributed by atoms with van der Waals surface area (Å²) in [6, 6.07) is 14.3. The molecule has 2 aromatic carbocycles. The SMILES string of the molecule is Nc1ccc2[nH]c(=O)n(S(=O)(=O)CCCc3ccccc3)c2c1. The van der Waals surface area contributed by atoms with E-state index in [0.717, 1.165) is 9.54 Å². The van der Waals surface area contributed by atoms with E-state index in [4.69, 9.17) is 5.73 Å². The van der Waals surface area contributed by atoms with Crippen LogP contribution in [-0.4, -0.2) is 23.1 Å². The first-order chi connectivity index (χ1) is 11.0. The zero-order chi connectivity index (χ0) is 16.4. The minimum Gasteiger partial charge on any atom is -0.399 e. The normalized spacial score (nSPS) is 11.8. The molecule has 6 nitrogen and oxygen atoms in total. The van der Waals surface area contributed by atoms with Crippen molar-refractivity contribution in [3.05, 3.63) is 64.6 Å². The molecule has 3 N–H and O–H groups in total. The van der Waals surface area contributed by atoms with E-state index in [1.807, 2.05) is 30.3 Å². The molecule has 1 aromatic heterocycles. The van der Waals surface area contributed by atoms with Crippen molar-refractivity contribution in [2.75, 3.05) is 11.5 Å². The maximum absolute atomic E-state index is 12.5. The number of imidazole rings is 1. The Morgan fingerprint density at radius 3 is 2.57 bits per heavy atom. The van der Waals surface area contributed by atoms with Crippen molar-refractivity contribution in [2.24, 2.45) is 0 Å². The predicted molar refractivity (Wildman–Crippen MR) is 90.9 cm³/mol. The maximum Gasteiger partial charge on any atom is 0.340 e. The van der Waals surface area contributed by atoms with Crippen molar-refractivity contribution in [2.45, 2.75) is 12.8 Å². The first-order valence-corrected chi connectivity index (χ1v) is 8.86. The molecule has 0 atom stereocenters. The molecule has 3 aromatic rings. The van der Waals surface area contributed by atoms with Crippen molar-refractivity contribution >= 4 is 26.7 Å². The van der Waals surface area contributed by atoms with Gasteiger partial charge in [0.25, 0.3) is 0 Å². The van der Waals surface area contributed by atoms with Gasteiger partial charge < -0.3 is 10.7 Å². The summed E-state index contributed by atoms with van der Waals surface area (Å²) in [5.74, 6) is -0.108. The molecular weight excluding hydrogens is 314 g/mol. The number of nitrogen functional groups attached to an aromatic ring is 1. The second kappa shape index (κ2) is 5.92. The predicted octanol–water partition coefficient (Wildman–Crippen LogP) is 1.72. The van der Waals surface area contributed by atoms with Gasteiger partial charge in [-0.1, -0.05) is 30.3 Å². The zero-order valence-electron chi connectivity index (χ0n) is 12.4. The lowest BCUT2D eigenvalue weighted by Crippen LogP contribution is -2.27. The molecule has 0 amide bonds. The number of H-pyrrole nitrogens is 1. The van der Waals surface area contributed by atoms with E-state index in [1.165, 1.54) is 6.07 Å². The fourth-order valence-electron chi connectivity index (χ4n) is 2.57. The molecule has 0 spiro atoms. The van der Waals surface area contributed by atoms with Gasteiger partial charge in [-0.25, -0.2) is 13.2 Å². The Morgan fingerprint density at radius 1 is 1.09 bits per heavy atom. The van der Waals surface area contributed by atoms with Crippen LogP contribution in [0.2, 0.25) is 0 Å². The average Bonchev–Trinajstić information content (AvgIpc) is 2.84. The van der Waals surface area contributed by atoms with Crippen LogP contribution in [0.25, 0.3) is 11.0 Å². The number of aromatic nitrogens is 2. The van der Waals surface area contributed by atoms with E-state index in [-0.39, 0.29) is 11.3 Å². The van der Waals surface area contributed by atoms with E-state index < -0.39 is 15.7 Å². The van der Waals surface area contributed by atoms with E-state index in [2.05, 4.69) is 4.98 Å². The number of hydrogen-bond donors (Lipinski definition) is 2. The first-order valence-electron chi connectivity index (χ1n) is 7.25. The van der Waals surface area contributed by atoms with Gasteiger partial charge in [0.15, 0.2) is 0 Å². The van der Waals surface area contributed by atoms with Crippen LogP contribution in [0.15, 0.2) is 53.3 Å². The Hall–Kier alpha value is -2.54. The Balaban J connectivity index is 1.86. The number of benzene rings is 2. The minimum atomic E-state index is -3.74. The van der Waals surface area contributed by atoms with Crippen LogP contribution in [0, 0.1) is 0 Å². The lowest BCUT2D eigenvalue weighted by atomic mass is 10.1. The summed E-state index contributed by atoms with van der Waals surface area (Å²) < 4.78 is 25.9. The van der Waals surface area contributed by atoms with Crippen LogP contribution >= 0.6 is 0 Å². The molecule has 0 saturated heterocycles. The molecule has 1 heterocycles. The number of nitrogens with zero attached hydrogens (tertiary/aromatic N) is 1. The molecule has 0 bridgehead atoms. The van der Waals surface area contributed by atoms with Crippen LogP contribution in [0.1, 0.15) is 12.0 Å². The Kier molecular flexibility index (Phi) is 3.96. The number of nitrogens with one attached hydrogen (secondary N) is 1. The Labute approximate surface area is 133 Å². The molecule has 0 aliphatic heterocycles. The van der Waals surface area contributed by atoms with Crippen molar-refractivity contribution in [3.63, 3.8) is 0 Å². The fraction of sp³-hybridized carbons (Fsp3) is 0.188. The van der Waals surface area contributed by atoms with E-state index in [9.17, 15) is 13.2 Å². The van der Waals surface area contributed by atoms with Crippen LogP contribution in [-0.2, 0) is 16.4 Å². The summed E-state index contributed by atoms with van der Waals surface area (Å²) in [5, 5.41) is 0. The number of anilines is 1. The van der Waals surface area contributed by atoms with E-state index in [0.29, 0.717) is 24.0 Å². The molecular formula is C16H17N3O3S. The van der Waals surface area contributed by atoms with Gasteiger partial charge in [-0.05, 0) is 36.6 Å². The Morgan fingerprint density at radius 2 is 1.83 bits per heavy atom. The second-order valence-corrected chi connectivity index (χ2v) is 7.31. The quantitative estimate of drug-likeness (QED) is 0.696. The molecule has 0 fully saturated rings. The first kappa shape index (κ1) is 15.4. The van der Waals surface area contributed by atoms with Gasteiger partial charge in [-0.2, -0.15) is 3.97 Å². The zero-order valence-corrected chi connectivity index (χ0v) is 13.2. The van der Waals surface area contributed by atoms with Crippen molar-refractivity contribution in [1.29, 1.82) is 0 Å². The van der Waals surface area contributed by atoms with Gasteiger partial charge in [0.2, 0.25) is 10.0 Å². The average molecular weight is 331 g/mol. The number of hydrogen-bond acceptors (Lipinski definition) is 4. The summed E-state index contributed by atoms with van der Waals surface area (Å²) in [6.07, 6.45) is 1.08. The monoisotopic (exact) mass is 331 g/mol. The molecule has 3 rings (SSSR count). The number of fused-ring (bicyclic) bond motifs is 1. The van der Waals surface area contributed by atoms with Crippen LogP contribution in [0.5, 0.6) is 0 Å². The molecule has 0 aliphatic rings. The second-order valence-electron chi connectivity index (χ2n) is 5.38. The molecule has 0 aliphatic carbocycles. The highest BCUT2D eigenvalue weighted by atomic mass is 32.2. The summed E-state index contributed by atoms with van der Waals surface area (Å²) >= 11 is 0. The highest BCUT2D eigenvalue weighted by Crippen LogP contribution is 2.16. The Bertz CT molecular complexity index is 988. The summed E-state index contributed by atoms with van der Waals surface area (Å²) in [6.45, 7) is 0. The summed E-state index contributed by atoms with van der Waals surface area (Å²) in [5.41, 5.74) is 7.25. The van der Waals surface area contributed by atoms with Gasteiger partial charge in [0, 0.05) is 5.69 Å².